The molecule has 0 aromatic heterocycles. The maximum Gasteiger partial charge on any atom is 0.329 e. The van der Waals surface area contributed by atoms with E-state index in [4.69, 9.17) is 23.7 Å². The van der Waals surface area contributed by atoms with Crippen molar-refractivity contribution in [2.75, 3.05) is 27.9 Å². The first kappa shape index (κ1) is 53.2. The summed E-state index contributed by atoms with van der Waals surface area (Å²) in [4.78, 5) is 71.2. The van der Waals surface area contributed by atoms with Crippen LogP contribution >= 0.6 is 0 Å². The molecule has 14 nitrogen and oxygen atoms in total. The summed E-state index contributed by atoms with van der Waals surface area (Å²) in [5.41, 5.74) is 1.26. The lowest BCUT2D eigenvalue weighted by molar-refractivity contribution is -0.265. The molecule has 3 N–H and O–H groups in total. The molecule has 3 fully saturated rings. The van der Waals surface area contributed by atoms with Gasteiger partial charge in [0.25, 0.3) is 11.7 Å². The van der Waals surface area contributed by atoms with Crippen molar-refractivity contribution in [1.29, 1.82) is 0 Å². The molecule has 3 aliphatic heterocycles. The van der Waals surface area contributed by atoms with E-state index >= 15 is 0 Å². The number of esters is 1. The Morgan fingerprint density at radius 3 is 2.25 bits per heavy atom. The van der Waals surface area contributed by atoms with E-state index in [-0.39, 0.29) is 54.8 Å². The van der Waals surface area contributed by atoms with Crippen LogP contribution in [0.5, 0.6) is 0 Å². The smallest absolute Gasteiger partial charge is 0.329 e. The third-order valence-corrected chi connectivity index (χ3v) is 14.2. The van der Waals surface area contributed by atoms with Gasteiger partial charge in [-0.15, -0.1) is 0 Å². The van der Waals surface area contributed by atoms with E-state index in [2.05, 4.69) is 0 Å². The van der Waals surface area contributed by atoms with E-state index in [1.54, 1.807) is 41.1 Å². The zero-order valence-electron chi connectivity index (χ0n) is 39.9. The fourth-order valence-corrected chi connectivity index (χ4v) is 9.95. The number of cyclic esters (lactones) is 1. The molecule has 64 heavy (non-hydrogen) atoms. The molecule has 4 rings (SSSR count). The SMILES string of the molecule is CO[C@H]1C[C@H]2CC[C@H](C)[C@](O)(O2)C(=O)C(=O)N2CCC[C@H]2C(=O)O[C@@H]([C@@H](C)C[C@@H]2CC[C@H](O)[C@@H](OC)C2)CC(=O)[C@@H](C)/C=C(/C)[C@@H](O)[C@@H](OC)C(=O)[C@@H](C)C[C@@H](C)/C=C/C=C/C=C\1C. The maximum absolute atomic E-state index is 14.2. The lowest BCUT2D eigenvalue weighted by Gasteiger charge is -2.41. The van der Waals surface area contributed by atoms with Gasteiger partial charge in [0.2, 0.25) is 5.79 Å². The molecule has 4 aliphatic rings. The number of hydrogen-bond acceptors (Lipinski definition) is 13. The van der Waals surface area contributed by atoms with Crippen molar-refractivity contribution in [3.8, 4) is 0 Å². The predicted molar refractivity (Wildman–Crippen MR) is 241 cm³/mol. The minimum Gasteiger partial charge on any atom is -0.460 e. The van der Waals surface area contributed by atoms with Gasteiger partial charge >= 0.3 is 5.97 Å². The van der Waals surface area contributed by atoms with Gasteiger partial charge in [0.05, 0.1) is 24.4 Å². The number of amides is 1. The molecule has 0 aromatic rings. The van der Waals surface area contributed by atoms with Crippen molar-refractivity contribution >= 4 is 29.2 Å². The average molecular weight is 900 g/mol. The van der Waals surface area contributed by atoms with Gasteiger partial charge in [0.15, 0.2) is 5.78 Å². The van der Waals surface area contributed by atoms with Crippen LogP contribution in [0, 0.1) is 35.5 Å². The number of Topliss-reactive ketones (excluding diaryl/α,β-unsaturated/α-hetero) is 3. The summed E-state index contributed by atoms with van der Waals surface area (Å²) in [6, 6.07) is -1.13. The highest BCUT2D eigenvalue weighted by molar-refractivity contribution is 6.39. The first-order valence-electron chi connectivity index (χ1n) is 23.4. The van der Waals surface area contributed by atoms with E-state index in [1.807, 2.05) is 58.1 Å². The van der Waals surface area contributed by atoms with Gasteiger partial charge in [-0.05, 0) is 101 Å². The van der Waals surface area contributed by atoms with Gasteiger partial charge in [-0.25, -0.2) is 4.79 Å². The zero-order chi connectivity index (χ0) is 47.5. The molecule has 0 spiro atoms. The lowest BCUT2D eigenvalue weighted by Crippen LogP contribution is -2.59. The molecule has 0 aromatic carbocycles. The quantitative estimate of drug-likeness (QED) is 0.165. The van der Waals surface area contributed by atoms with Crippen molar-refractivity contribution in [3.63, 3.8) is 0 Å². The number of carbonyl (C=O) groups is 5. The molecule has 0 unspecified atom stereocenters. The second kappa shape index (κ2) is 24.4. The number of fused-ring (bicyclic) bond motifs is 3. The fraction of sp³-hybridized carbons (Fsp3) is 0.740. The van der Waals surface area contributed by atoms with Crippen molar-refractivity contribution in [2.45, 2.75) is 174 Å². The maximum atomic E-state index is 14.2. The molecule has 14 heteroatoms. The first-order valence-corrected chi connectivity index (χ1v) is 23.4. The van der Waals surface area contributed by atoms with Crippen molar-refractivity contribution < 1.29 is 63.0 Å². The molecule has 1 saturated carbocycles. The lowest BCUT2D eigenvalue weighted by atomic mass is 9.78. The van der Waals surface area contributed by atoms with E-state index < -0.39 is 83.9 Å². The number of allylic oxidation sites excluding steroid dienone is 6. The van der Waals surface area contributed by atoms with Crippen LogP contribution in [0.2, 0.25) is 0 Å². The fourth-order valence-electron chi connectivity index (χ4n) is 9.95. The van der Waals surface area contributed by atoms with Crippen molar-refractivity contribution in [2.24, 2.45) is 35.5 Å². The highest BCUT2D eigenvalue weighted by Crippen LogP contribution is 2.38. The summed E-state index contributed by atoms with van der Waals surface area (Å²) in [5.74, 6) is -7.97. The summed E-state index contributed by atoms with van der Waals surface area (Å²) < 4.78 is 29.2. The second-order valence-electron chi connectivity index (χ2n) is 19.2. The third kappa shape index (κ3) is 13.6. The van der Waals surface area contributed by atoms with Crippen molar-refractivity contribution in [1.82, 2.24) is 4.90 Å². The Kier molecular flexibility index (Phi) is 20.3. The Balaban J connectivity index is 1.68. The van der Waals surface area contributed by atoms with Gasteiger partial charge in [-0.3, -0.25) is 19.2 Å². The Morgan fingerprint density at radius 2 is 1.58 bits per heavy atom. The minimum absolute atomic E-state index is 0.0199. The van der Waals surface area contributed by atoms with E-state index in [1.165, 1.54) is 7.11 Å². The molecule has 3 heterocycles. The van der Waals surface area contributed by atoms with E-state index in [0.717, 1.165) is 16.9 Å². The van der Waals surface area contributed by atoms with Gasteiger partial charge in [-0.2, -0.15) is 0 Å². The summed E-state index contributed by atoms with van der Waals surface area (Å²) >= 11 is 0. The zero-order valence-corrected chi connectivity index (χ0v) is 39.9. The number of ether oxygens (including phenoxy) is 5. The number of nitrogens with zero attached hydrogens (tertiary/aromatic N) is 1. The van der Waals surface area contributed by atoms with Gasteiger partial charge < -0.3 is 43.9 Å². The van der Waals surface area contributed by atoms with Crippen LogP contribution in [0.4, 0.5) is 0 Å². The molecule has 0 radical (unpaired) electrons. The first-order chi connectivity index (χ1) is 30.2. The average Bonchev–Trinajstić information content (AvgIpc) is 3.76. The summed E-state index contributed by atoms with van der Waals surface area (Å²) in [7, 11) is 4.51. The summed E-state index contributed by atoms with van der Waals surface area (Å²) in [5, 5.41) is 33.7. The summed E-state index contributed by atoms with van der Waals surface area (Å²) in [6.45, 7) is 12.7. The molecule has 2 saturated heterocycles. The number of hydrogen-bond donors (Lipinski definition) is 3. The third-order valence-electron chi connectivity index (χ3n) is 14.2. The normalized spacial score (nSPS) is 40.7. The van der Waals surface area contributed by atoms with Crippen LogP contribution in [0.15, 0.2) is 47.6 Å². The Bertz CT molecular complexity index is 1740. The van der Waals surface area contributed by atoms with Crippen LogP contribution in [-0.4, -0.2) is 132 Å². The van der Waals surface area contributed by atoms with E-state index in [9.17, 15) is 39.3 Å². The largest absolute Gasteiger partial charge is 0.460 e. The number of carbonyl (C=O) groups excluding carboxylic acids is 5. The number of aliphatic hydroxyl groups is 3. The van der Waals surface area contributed by atoms with Crippen LogP contribution < -0.4 is 0 Å². The van der Waals surface area contributed by atoms with Gasteiger partial charge in [0.1, 0.15) is 30.1 Å². The minimum atomic E-state index is -2.42. The Hall–Kier alpha value is -3.37. The van der Waals surface area contributed by atoms with Crippen LogP contribution in [0.3, 0.4) is 0 Å². The highest BCUT2D eigenvalue weighted by Gasteiger charge is 2.53. The summed E-state index contributed by atoms with van der Waals surface area (Å²) in [6.07, 6.45) is 10.5. The molecule has 15 atom stereocenters. The molecule has 1 aliphatic carbocycles. The molecular formula is C50H77NO13. The number of rotatable bonds is 6. The standard InChI is InChI=1S/C50H77NO13/c1-29-15-12-11-13-16-30(2)41(60-8)27-37-20-18-35(7)50(59,64-37)47(56)48(57)51-22-14-17-38(51)49(58)63-42(32(4)25-36-19-21-39(52)43(26-36)61-9)28-40(53)31(3)24-34(6)45(55)46(62-10)44(54)33(5)23-29/h11-13,15-16,24,29,31-33,35-39,41-43,45-46,52,55,59H,14,17-23,25-28H2,1-10H3/b13-11+,15-12+,30-16-,34-24-/t29-,31-,32-,33-,35-,36-,37+,38-,39-,41-,42+,43-,45+,46-,50-/m0/s1. The topological polar surface area (TPSA) is 195 Å². The van der Waals surface area contributed by atoms with Crippen LogP contribution in [0.25, 0.3) is 0 Å². The van der Waals surface area contributed by atoms with Gasteiger partial charge in [-0.1, -0.05) is 71.1 Å². The number of ketones is 3. The Labute approximate surface area is 380 Å². The van der Waals surface area contributed by atoms with Gasteiger partial charge in [0, 0.05) is 58.5 Å². The van der Waals surface area contributed by atoms with E-state index in [0.29, 0.717) is 56.9 Å². The molecule has 1 amide bonds. The number of aliphatic hydroxyl groups excluding tert-OH is 2. The predicted octanol–water partition coefficient (Wildman–Crippen LogP) is 5.79. The Morgan fingerprint density at radius 1 is 0.859 bits per heavy atom. The molecule has 2 bridgehead atoms. The highest BCUT2D eigenvalue weighted by atomic mass is 16.6. The van der Waals surface area contributed by atoms with Crippen molar-refractivity contribution in [3.05, 3.63) is 47.6 Å². The second-order valence-corrected chi connectivity index (χ2v) is 19.2. The monoisotopic (exact) mass is 900 g/mol. The van der Waals surface area contributed by atoms with Crippen LogP contribution in [-0.2, 0) is 47.7 Å². The molecular weight excluding hydrogens is 823 g/mol. The molecule has 360 valence electrons. The van der Waals surface area contributed by atoms with Crippen LogP contribution in [0.1, 0.15) is 119 Å². The number of methoxy groups -OCH3 is 3.